The molecule has 0 saturated carbocycles. The summed E-state index contributed by atoms with van der Waals surface area (Å²) < 4.78 is 0. The molecule has 0 aromatic heterocycles. The lowest BCUT2D eigenvalue weighted by Crippen LogP contribution is -2.43. The minimum atomic E-state index is 0.410. The molecular weight excluding hydrogens is 248 g/mol. The molecule has 1 unspecified atom stereocenters. The molecule has 1 aromatic rings. The fourth-order valence-electron chi connectivity index (χ4n) is 3.92. The molecule has 4 heteroatoms. The lowest BCUT2D eigenvalue weighted by atomic mass is 10.1. The fourth-order valence-corrected chi connectivity index (χ4v) is 3.92. The van der Waals surface area contributed by atoms with Gasteiger partial charge in [0.1, 0.15) is 6.17 Å². The van der Waals surface area contributed by atoms with Gasteiger partial charge in [-0.3, -0.25) is 0 Å². The molecule has 0 bridgehead atoms. The maximum absolute atomic E-state index is 6.32. The first-order valence-corrected chi connectivity index (χ1v) is 7.65. The van der Waals surface area contributed by atoms with Gasteiger partial charge in [0.2, 0.25) is 0 Å². The van der Waals surface area contributed by atoms with Crippen LogP contribution in [0, 0.1) is 5.92 Å². The third kappa shape index (κ3) is 1.81. The van der Waals surface area contributed by atoms with E-state index in [-0.39, 0.29) is 0 Å². The van der Waals surface area contributed by atoms with Gasteiger partial charge in [-0.2, -0.15) is 0 Å². The number of fused-ring (bicyclic) bond motifs is 1. The van der Waals surface area contributed by atoms with Crippen LogP contribution >= 0.6 is 0 Å². The molecule has 0 radical (unpaired) electrons. The largest absolute Gasteiger partial charge is 0.397 e. The molecule has 1 saturated heterocycles. The van der Waals surface area contributed by atoms with Crippen molar-refractivity contribution in [1.29, 1.82) is 0 Å². The summed E-state index contributed by atoms with van der Waals surface area (Å²) in [6.45, 7) is 6.82. The highest BCUT2D eigenvalue weighted by Crippen LogP contribution is 2.49. The van der Waals surface area contributed by atoms with Gasteiger partial charge < -0.3 is 20.4 Å². The predicted molar refractivity (Wildman–Crippen MR) is 87.7 cm³/mol. The monoisotopic (exact) mass is 274 g/mol. The Kier molecular flexibility index (Phi) is 3.19. The van der Waals surface area contributed by atoms with Crippen LogP contribution in [-0.4, -0.2) is 33.4 Å². The minimum absolute atomic E-state index is 0.410. The summed E-state index contributed by atoms with van der Waals surface area (Å²) >= 11 is 0. The lowest BCUT2D eigenvalue weighted by Gasteiger charge is -2.32. The van der Waals surface area contributed by atoms with Crippen LogP contribution in [0.25, 0.3) is 0 Å². The zero-order valence-corrected chi connectivity index (χ0v) is 13.1. The second kappa shape index (κ2) is 4.76. The zero-order chi connectivity index (χ0) is 14.4. The molecule has 2 heterocycles. The highest BCUT2D eigenvalue weighted by Gasteiger charge is 2.37. The summed E-state index contributed by atoms with van der Waals surface area (Å²) in [6, 6.07) is 4.24. The van der Waals surface area contributed by atoms with Crippen molar-refractivity contribution in [3.8, 4) is 0 Å². The molecule has 1 aromatic carbocycles. The number of hydrogen-bond donors (Lipinski definition) is 1. The number of rotatable bonds is 2. The Balaban J connectivity index is 2.11. The number of anilines is 4. The number of nitrogens with zero attached hydrogens (tertiary/aromatic N) is 3. The van der Waals surface area contributed by atoms with Crippen molar-refractivity contribution in [3.63, 3.8) is 0 Å². The Hall–Kier alpha value is -1.58. The van der Waals surface area contributed by atoms with Crippen molar-refractivity contribution < 1.29 is 0 Å². The fraction of sp³-hybridized carbons (Fsp3) is 0.625. The van der Waals surface area contributed by atoms with E-state index in [4.69, 9.17) is 5.73 Å². The topological polar surface area (TPSA) is 35.7 Å². The second-order valence-electron chi connectivity index (χ2n) is 6.44. The molecule has 2 N–H and O–H groups in total. The summed E-state index contributed by atoms with van der Waals surface area (Å²) in [5, 5.41) is 0. The van der Waals surface area contributed by atoms with E-state index >= 15 is 0 Å². The van der Waals surface area contributed by atoms with Gasteiger partial charge in [-0.1, -0.05) is 13.8 Å². The molecule has 0 aliphatic carbocycles. The van der Waals surface area contributed by atoms with Crippen molar-refractivity contribution in [2.75, 3.05) is 47.6 Å². The van der Waals surface area contributed by atoms with Crippen LogP contribution in [0.2, 0.25) is 0 Å². The zero-order valence-electron chi connectivity index (χ0n) is 13.1. The highest BCUT2D eigenvalue weighted by molar-refractivity contribution is 5.95. The van der Waals surface area contributed by atoms with Crippen LogP contribution in [0.5, 0.6) is 0 Å². The lowest BCUT2D eigenvalue weighted by molar-refractivity contribution is 0.484. The normalized spacial score (nSPS) is 22.1. The third-order valence-electron chi connectivity index (χ3n) is 4.71. The maximum atomic E-state index is 6.32. The number of nitrogen functional groups attached to an aromatic ring is 1. The van der Waals surface area contributed by atoms with Gasteiger partial charge in [-0.25, -0.2) is 0 Å². The van der Waals surface area contributed by atoms with Gasteiger partial charge in [0.15, 0.2) is 0 Å². The standard InChI is InChI=1S/C16H26N4/c1-11(2)16-18(3)13-8-7-12(17)14(15(13)19(16)4)20-9-5-6-10-20/h7-8,11,16H,5-6,9-10,17H2,1-4H3. The number of benzene rings is 1. The smallest absolute Gasteiger partial charge is 0.103 e. The Morgan fingerprint density at radius 1 is 1.05 bits per heavy atom. The second-order valence-corrected chi connectivity index (χ2v) is 6.44. The Morgan fingerprint density at radius 3 is 2.30 bits per heavy atom. The third-order valence-corrected chi connectivity index (χ3v) is 4.71. The van der Waals surface area contributed by atoms with E-state index in [1.807, 2.05) is 0 Å². The predicted octanol–water partition coefficient (Wildman–Crippen LogP) is 2.74. The first-order chi connectivity index (χ1) is 9.52. The number of hydrogen-bond acceptors (Lipinski definition) is 4. The van der Waals surface area contributed by atoms with E-state index in [0.29, 0.717) is 12.1 Å². The van der Waals surface area contributed by atoms with E-state index in [1.165, 1.54) is 29.9 Å². The Bertz CT molecular complexity index is 505. The van der Waals surface area contributed by atoms with Gasteiger partial charge in [-0.05, 0) is 30.9 Å². The van der Waals surface area contributed by atoms with Gasteiger partial charge in [0.25, 0.3) is 0 Å². The van der Waals surface area contributed by atoms with Crippen LogP contribution in [-0.2, 0) is 0 Å². The Morgan fingerprint density at radius 2 is 1.70 bits per heavy atom. The molecule has 110 valence electrons. The first-order valence-electron chi connectivity index (χ1n) is 7.65. The summed E-state index contributed by atoms with van der Waals surface area (Å²) in [7, 11) is 4.39. The Labute approximate surface area is 122 Å². The van der Waals surface area contributed by atoms with Gasteiger partial charge in [0, 0.05) is 27.2 Å². The van der Waals surface area contributed by atoms with Crippen LogP contribution in [0.4, 0.5) is 22.7 Å². The van der Waals surface area contributed by atoms with E-state index in [1.54, 1.807) is 0 Å². The quantitative estimate of drug-likeness (QED) is 0.841. The summed E-state index contributed by atoms with van der Waals surface area (Å²) in [5.41, 5.74) is 11.1. The molecule has 0 amide bonds. The van der Waals surface area contributed by atoms with Crippen molar-refractivity contribution in [2.24, 2.45) is 5.92 Å². The molecule has 2 aliphatic rings. The molecule has 0 spiro atoms. The molecule has 4 nitrogen and oxygen atoms in total. The van der Waals surface area contributed by atoms with Crippen LogP contribution in [0.15, 0.2) is 12.1 Å². The van der Waals surface area contributed by atoms with Crippen molar-refractivity contribution in [2.45, 2.75) is 32.9 Å². The van der Waals surface area contributed by atoms with Gasteiger partial charge in [-0.15, -0.1) is 0 Å². The van der Waals surface area contributed by atoms with Crippen LogP contribution in [0.1, 0.15) is 26.7 Å². The average molecular weight is 274 g/mol. The summed E-state index contributed by atoms with van der Waals surface area (Å²) in [6.07, 6.45) is 2.96. The van der Waals surface area contributed by atoms with Crippen molar-refractivity contribution in [3.05, 3.63) is 12.1 Å². The highest BCUT2D eigenvalue weighted by atomic mass is 15.4. The van der Waals surface area contributed by atoms with E-state index < -0.39 is 0 Å². The molecular formula is C16H26N4. The molecule has 3 rings (SSSR count). The molecule has 1 fully saturated rings. The molecule has 2 aliphatic heterocycles. The van der Waals surface area contributed by atoms with Gasteiger partial charge in [0.05, 0.1) is 22.7 Å². The first kappa shape index (κ1) is 13.4. The molecule has 1 atom stereocenters. The summed E-state index contributed by atoms with van der Waals surface area (Å²) in [4.78, 5) is 7.25. The minimum Gasteiger partial charge on any atom is -0.397 e. The molecule has 20 heavy (non-hydrogen) atoms. The SMILES string of the molecule is CC(C)C1N(C)c2ccc(N)c(N3CCCC3)c2N1C. The van der Waals surface area contributed by atoms with Crippen LogP contribution < -0.4 is 20.4 Å². The number of nitrogens with two attached hydrogens (primary N) is 1. The van der Waals surface area contributed by atoms with Gasteiger partial charge >= 0.3 is 0 Å². The van der Waals surface area contributed by atoms with E-state index in [9.17, 15) is 0 Å². The van der Waals surface area contributed by atoms with E-state index in [0.717, 1.165) is 18.8 Å². The maximum Gasteiger partial charge on any atom is 0.103 e. The van der Waals surface area contributed by atoms with E-state index in [2.05, 4.69) is 54.8 Å². The average Bonchev–Trinajstić information content (AvgIpc) is 2.98. The van der Waals surface area contributed by atoms with Crippen molar-refractivity contribution in [1.82, 2.24) is 0 Å². The van der Waals surface area contributed by atoms with Crippen molar-refractivity contribution >= 4 is 22.7 Å². The summed E-state index contributed by atoms with van der Waals surface area (Å²) in [5.74, 6) is 0.574. The van der Waals surface area contributed by atoms with Crippen LogP contribution in [0.3, 0.4) is 0 Å².